The number of nitrogens with zero attached hydrogens (tertiary/aromatic N) is 2. The summed E-state index contributed by atoms with van der Waals surface area (Å²) >= 11 is 2.09. The summed E-state index contributed by atoms with van der Waals surface area (Å²) < 4.78 is 7.43. The summed E-state index contributed by atoms with van der Waals surface area (Å²) in [6.45, 7) is 0.251. The lowest BCUT2D eigenvalue weighted by atomic mass is 10.2. The van der Waals surface area contributed by atoms with Gasteiger partial charge < -0.3 is 15.1 Å². The number of benzene rings is 1. The van der Waals surface area contributed by atoms with Gasteiger partial charge in [0, 0.05) is 10.6 Å². The van der Waals surface area contributed by atoms with Gasteiger partial charge in [0.15, 0.2) is 0 Å². The van der Waals surface area contributed by atoms with Crippen molar-refractivity contribution in [3.8, 4) is 0 Å². The molecule has 0 bridgehead atoms. The van der Waals surface area contributed by atoms with Crippen molar-refractivity contribution in [2.75, 3.05) is 5.32 Å². The van der Waals surface area contributed by atoms with Gasteiger partial charge in [-0.2, -0.15) is 5.10 Å². The third kappa shape index (κ3) is 3.90. The maximum Gasteiger partial charge on any atom is 0.272 e. The Morgan fingerprint density at radius 1 is 1.20 bits per heavy atom. The van der Waals surface area contributed by atoms with Gasteiger partial charge in [-0.1, -0.05) is 12.1 Å². The van der Waals surface area contributed by atoms with Gasteiger partial charge in [-0.25, -0.2) is 0 Å². The second-order valence-electron chi connectivity index (χ2n) is 5.23. The van der Waals surface area contributed by atoms with E-state index in [1.807, 2.05) is 12.1 Å². The molecule has 0 aliphatic rings. The second kappa shape index (κ2) is 7.51. The first-order valence-corrected chi connectivity index (χ1v) is 8.52. The molecule has 0 radical (unpaired) electrons. The molecule has 8 heteroatoms. The van der Waals surface area contributed by atoms with Crippen molar-refractivity contribution in [1.82, 2.24) is 15.1 Å². The topological polar surface area (TPSA) is 89.2 Å². The molecule has 0 fully saturated rings. The normalized spacial score (nSPS) is 10.5. The van der Waals surface area contributed by atoms with Crippen LogP contribution in [-0.2, 0) is 13.6 Å². The number of furan rings is 1. The molecule has 0 saturated carbocycles. The molecule has 7 nitrogen and oxygen atoms in total. The van der Waals surface area contributed by atoms with Crippen LogP contribution in [0.5, 0.6) is 0 Å². The molecule has 2 aromatic heterocycles. The van der Waals surface area contributed by atoms with Crippen molar-refractivity contribution in [2.45, 2.75) is 6.54 Å². The lowest BCUT2D eigenvalue weighted by Crippen LogP contribution is -2.26. The van der Waals surface area contributed by atoms with E-state index in [4.69, 9.17) is 4.42 Å². The Bertz CT molecular complexity index is 903. The van der Waals surface area contributed by atoms with Crippen molar-refractivity contribution >= 4 is 40.1 Å². The molecule has 0 saturated heterocycles. The quantitative estimate of drug-likeness (QED) is 0.586. The zero-order chi connectivity index (χ0) is 17.8. The van der Waals surface area contributed by atoms with Gasteiger partial charge >= 0.3 is 0 Å². The number of aromatic nitrogens is 2. The standard InChI is InChI=1S/C17H15IN4O3/c1-22-15(17(24)19-9-11-5-4-8-25-11)14(10-20-22)21-16(23)12-6-2-3-7-13(12)18/h2-8,10H,9H2,1H3,(H,19,24)(H,21,23). The van der Waals surface area contributed by atoms with Crippen LogP contribution in [0.4, 0.5) is 5.69 Å². The summed E-state index contributed by atoms with van der Waals surface area (Å²) in [5, 5.41) is 9.57. The Labute approximate surface area is 157 Å². The first-order chi connectivity index (χ1) is 12.1. The SMILES string of the molecule is Cn1ncc(NC(=O)c2ccccc2I)c1C(=O)NCc1ccco1. The van der Waals surface area contributed by atoms with Gasteiger partial charge in [0.2, 0.25) is 0 Å². The Hall–Kier alpha value is -2.62. The van der Waals surface area contributed by atoms with Crippen LogP contribution < -0.4 is 10.6 Å². The molecule has 3 rings (SSSR count). The zero-order valence-corrected chi connectivity index (χ0v) is 15.5. The minimum absolute atomic E-state index is 0.251. The summed E-state index contributed by atoms with van der Waals surface area (Å²) in [6.07, 6.45) is 2.99. The number of rotatable bonds is 5. The van der Waals surface area contributed by atoms with E-state index in [-0.39, 0.29) is 24.1 Å². The van der Waals surface area contributed by atoms with E-state index in [2.05, 4.69) is 38.3 Å². The van der Waals surface area contributed by atoms with E-state index >= 15 is 0 Å². The highest BCUT2D eigenvalue weighted by atomic mass is 127. The van der Waals surface area contributed by atoms with E-state index in [9.17, 15) is 9.59 Å². The van der Waals surface area contributed by atoms with Crippen molar-refractivity contribution in [2.24, 2.45) is 7.05 Å². The monoisotopic (exact) mass is 450 g/mol. The molecule has 0 aliphatic carbocycles. The summed E-state index contributed by atoms with van der Waals surface area (Å²) in [4.78, 5) is 24.9. The fourth-order valence-corrected chi connectivity index (χ4v) is 2.93. The third-order valence-corrected chi connectivity index (χ3v) is 4.46. The number of carbonyl (C=O) groups excluding carboxylic acids is 2. The summed E-state index contributed by atoms with van der Waals surface area (Å²) in [5.74, 6) is -0.00696. The Kier molecular flexibility index (Phi) is 5.17. The molecule has 2 N–H and O–H groups in total. The molecule has 0 unspecified atom stereocenters. The molecule has 3 aromatic rings. The highest BCUT2D eigenvalue weighted by Gasteiger charge is 2.20. The average molecular weight is 450 g/mol. The van der Waals surface area contributed by atoms with Crippen molar-refractivity contribution in [3.05, 3.63) is 69.4 Å². The maximum absolute atomic E-state index is 12.5. The first kappa shape index (κ1) is 17.2. The summed E-state index contributed by atoms with van der Waals surface area (Å²) in [5.41, 5.74) is 1.16. The van der Waals surface area contributed by atoms with Crippen LogP contribution in [0.1, 0.15) is 26.6 Å². The molecular weight excluding hydrogens is 435 g/mol. The molecule has 2 amide bonds. The predicted molar refractivity (Wildman–Crippen MR) is 100 cm³/mol. The number of amides is 2. The minimum atomic E-state index is -0.352. The number of hydrogen-bond acceptors (Lipinski definition) is 4. The Balaban J connectivity index is 1.76. The van der Waals surface area contributed by atoms with Crippen LogP contribution in [0.2, 0.25) is 0 Å². The van der Waals surface area contributed by atoms with Crippen LogP contribution in [-0.4, -0.2) is 21.6 Å². The summed E-state index contributed by atoms with van der Waals surface area (Å²) in [7, 11) is 1.64. The third-order valence-electron chi connectivity index (χ3n) is 3.52. The lowest BCUT2D eigenvalue weighted by Gasteiger charge is -2.09. The largest absolute Gasteiger partial charge is 0.467 e. The second-order valence-corrected chi connectivity index (χ2v) is 6.39. The molecule has 0 spiro atoms. The van der Waals surface area contributed by atoms with Gasteiger partial charge in [-0.3, -0.25) is 14.3 Å². The highest BCUT2D eigenvalue weighted by Crippen LogP contribution is 2.18. The predicted octanol–water partition coefficient (Wildman–Crippen LogP) is 2.80. The molecule has 1 aromatic carbocycles. The Morgan fingerprint density at radius 2 is 2.00 bits per heavy atom. The van der Waals surface area contributed by atoms with Crippen LogP contribution in [0, 0.1) is 3.57 Å². The van der Waals surface area contributed by atoms with Crippen LogP contribution >= 0.6 is 22.6 Å². The van der Waals surface area contributed by atoms with Crippen molar-refractivity contribution in [1.29, 1.82) is 0 Å². The molecular formula is C17H15IN4O3. The molecule has 0 aliphatic heterocycles. The fraction of sp³-hybridized carbons (Fsp3) is 0.118. The number of anilines is 1. The number of aryl methyl sites for hydroxylation is 1. The van der Waals surface area contributed by atoms with Crippen LogP contribution in [0.25, 0.3) is 0 Å². The van der Waals surface area contributed by atoms with Crippen molar-refractivity contribution < 1.29 is 14.0 Å². The van der Waals surface area contributed by atoms with E-state index in [1.54, 1.807) is 37.6 Å². The Morgan fingerprint density at radius 3 is 2.72 bits per heavy atom. The lowest BCUT2D eigenvalue weighted by molar-refractivity contribution is 0.0939. The van der Waals surface area contributed by atoms with E-state index in [1.165, 1.54) is 10.9 Å². The highest BCUT2D eigenvalue weighted by molar-refractivity contribution is 14.1. The van der Waals surface area contributed by atoms with Gasteiger partial charge in [-0.05, 0) is 46.9 Å². The first-order valence-electron chi connectivity index (χ1n) is 7.44. The van der Waals surface area contributed by atoms with E-state index in [0.717, 1.165) is 3.57 Å². The average Bonchev–Trinajstić information content (AvgIpc) is 3.23. The van der Waals surface area contributed by atoms with E-state index in [0.29, 0.717) is 17.0 Å². The minimum Gasteiger partial charge on any atom is -0.467 e. The van der Waals surface area contributed by atoms with Crippen LogP contribution in [0.3, 0.4) is 0 Å². The number of carbonyl (C=O) groups is 2. The van der Waals surface area contributed by atoms with Gasteiger partial charge in [-0.15, -0.1) is 0 Å². The molecule has 25 heavy (non-hydrogen) atoms. The maximum atomic E-state index is 12.5. The summed E-state index contributed by atoms with van der Waals surface area (Å²) in [6, 6.07) is 10.7. The van der Waals surface area contributed by atoms with E-state index < -0.39 is 0 Å². The number of halogens is 1. The number of hydrogen-bond donors (Lipinski definition) is 2. The van der Waals surface area contributed by atoms with Crippen LogP contribution in [0.15, 0.2) is 53.3 Å². The van der Waals surface area contributed by atoms with Crippen molar-refractivity contribution in [3.63, 3.8) is 0 Å². The fourth-order valence-electron chi connectivity index (χ4n) is 2.30. The van der Waals surface area contributed by atoms with Gasteiger partial charge in [0.1, 0.15) is 11.5 Å². The zero-order valence-electron chi connectivity index (χ0n) is 13.3. The smallest absolute Gasteiger partial charge is 0.272 e. The van der Waals surface area contributed by atoms with Gasteiger partial charge in [0.25, 0.3) is 11.8 Å². The molecule has 0 atom stereocenters. The van der Waals surface area contributed by atoms with Gasteiger partial charge in [0.05, 0.1) is 30.3 Å². The number of nitrogens with one attached hydrogen (secondary N) is 2. The molecule has 128 valence electrons. The molecule has 2 heterocycles.